The largest absolute Gasteiger partial charge is 0.381 e. The van der Waals surface area contributed by atoms with Crippen molar-refractivity contribution < 1.29 is 9.53 Å². The van der Waals surface area contributed by atoms with E-state index in [-0.39, 0.29) is 11.9 Å². The molecule has 1 saturated heterocycles. The Hall–Kier alpha value is -1.93. The van der Waals surface area contributed by atoms with E-state index in [1.165, 1.54) is 0 Å². The van der Waals surface area contributed by atoms with Crippen LogP contribution >= 0.6 is 11.3 Å². The molecule has 0 unspecified atom stereocenters. The first-order chi connectivity index (χ1) is 11.2. The van der Waals surface area contributed by atoms with Crippen LogP contribution in [0.15, 0.2) is 23.8 Å². The summed E-state index contributed by atoms with van der Waals surface area (Å²) in [5.41, 5.74) is 0. The molecule has 0 saturated carbocycles. The molecule has 3 rings (SSSR count). The van der Waals surface area contributed by atoms with E-state index in [4.69, 9.17) is 4.74 Å². The zero-order chi connectivity index (χ0) is 16.1. The molecule has 0 aliphatic carbocycles. The third-order valence-electron chi connectivity index (χ3n) is 3.86. The van der Waals surface area contributed by atoms with Crippen molar-refractivity contribution in [3.05, 3.63) is 28.8 Å². The Balaban J connectivity index is 1.49. The summed E-state index contributed by atoms with van der Waals surface area (Å²) in [4.78, 5) is 16.3. The summed E-state index contributed by atoms with van der Waals surface area (Å²) in [6, 6.07) is 1.58. The highest BCUT2D eigenvalue weighted by atomic mass is 32.1. The molecule has 8 heteroatoms. The smallest absolute Gasteiger partial charge is 0.320 e. The van der Waals surface area contributed by atoms with Gasteiger partial charge in [-0.3, -0.25) is 5.32 Å². The molecule has 2 amide bonds. The lowest BCUT2D eigenvalue weighted by molar-refractivity contribution is 0.181. The van der Waals surface area contributed by atoms with Crippen molar-refractivity contribution in [2.24, 2.45) is 5.92 Å². The number of carbonyl (C=O) groups is 1. The molecule has 2 N–H and O–H groups in total. The lowest BCUT2D eigenvalue weighted by Crippen LogP contribution is -2.32. The SMILES string of the molecule is C[C@@H](CNC(=O)Nc1ccnn1C[C@H]1CCOC1)c1nccs1. The van der Waals surface area contributed by atoms with Crippen LogP contribution in [0.4, 0.5) is 10.6 Å². The molecule has 0 radical (unpaired) electrons. The van der Waals surface area contributed by atoms with Crippen LogP contribution in [0.2, 0.25) is 0 Å². The molecule has 2 atom stereocenters. The quantitative estimate of drug-likeness (QED) is 0.849. The number of aromatic nitrogens is 3. The molecule has 1 aliphatic heterocycles. The summed E-state index contributed by atoms with van der Waals surface area (Å²) < 4.78 is 7.20. The minimum absolute atomic E-state index is 0.196. The second-order valence-electron chi connectivity index (χ2n) is 5.73. The molecule has 1 fully saturated rings. The van der Waals surface area contributed by atoms with Crippen LogP contribution in [-0.2, 0) is 11.3 Å². The number of hydrogen-bond acceptors (Lipinski definition) is 5. The van der Waals surface area contributed by atoms with Gasteiger partial charge in [0.15, 0.2) is 0 Å². The van der Waals surface area contributed by atoms with E-state index < -0.39 is 0 Å². The van der Waals surface area contributed by atoms with Crippen molar-refractivity contribution in [2.75, 3.05) is 25.1 Å². The fourth-order valence-corrected chi connectivity index (χ4v) is 3.23. The van der Waals surface area contributed by atoms with Gasteiger partial charge < -0.3 is 10.1 Å². The summed E-state index contributed by atoms with van der Waals surface area (Å²) in [5, 5.41) is 13.0. The van der Waals surface area contributed by atoms with E-state index in [9.17, 15) is 4.79 Å². The number of amides is 2. The molecule has 0 aromatic carbocycles. The molecule has 7 nitrogen and oxygen atoms in total. The lowest BCUT2D eigenvalue weighted by atomic mass is 10.1. The summed E-state index contributed by atoms with van der Waals surface area (Å²) in [6.07, 6.45) is 4.52. The number of rotatable bonds is 6. The second kappa shape index (κ2) is 7.56. The number of anilines is 1. The van der Waals surface area contributed by atoms with E-state index in [2.05, 4.69) is 20.7 Å². The first-order valence-electron chi connectivity index (χ1n) is 7.76. The normalized spacial score (nSPS) is 18.7. The average Bonchev–Trinajstić information content (AvgIpc) is 3.28. The van der Waals surface area contributed by atoms with Gasteiger partial charge in [0, 0.05) is 49.2 Å². The van der Waals surface area contributed by atoms with E-state index in [1.54, 1.807) is 29.8 Å². The van der Waals surface area contributed by atoms with E-state index in [1.807, 2.05) is 17.0 Å². The maximum Gasteiger partial charge on any atom is 0.320 e. The Morgan fingerprint density at radius 3 is 3.22 bits per heavy atom. The van der Waals surface area contributed by atoms with Crippen LogP contribution < -0.4 is 10.6 Å². The zero-order valence-electron chi connectivity index (χ0n) is 13.1. The molecule has 2 aromatic rings. The Labute approximate surface area is 139 Å². The third kappa shape index (κ3) is 4.29. The van der Waals surface area contributed by atoms with Gasteiger partial charge in [0.1, 0.15) is 5.82 Å². The first kappa shape index (κ1) is 15.9. The van der Waals surface area contributed by atoms with Gasteiger partial charge in [-0.05, 0) is 6.42 Å². The van der Waals surface area contributed by atoms with Crippen molar-refractivity contribution >= 4 is 23.2 Å². The highest BCUT2D eigenvalue weighted by Crippen LogP contribution is 2.18. The Morgan fingerprint density at radius 2 is 2.48 bits per heavy atom. The molecule has 2 aromatic heterocycles. The van der Waals surface area contributed by atoms with Crippen molar-refractivity contribution in [3.63, 3.8) is 0 Å². The highest BCUT2D eigenvalue weighted by molar-refractivity contribution is 7.09. The molecular formula is C15H21N5O2S. The predicted octanol–water partition coefficient (Wildman–Crippen LogP) is 2.30. The standard InChI is InChI=1S/C15H21N5O2S/c1-11(14-16-5-7-23-14)8-17-15(21)19-13-2-4-18-20(13)9-12-3-6-22-10-12/h2,4-5,7,11-12H,3,6,8-10H2,1H3,(H2,17,19,21)/t11-,12+/m0/s1. The van der Waals surface area contributed by atoms with Gasteiger partial charge in [-0.2, -0.15) is 5.10 Å². The van der Waals surface area contributed by atoms with Crippen LogP contribution in [0, 0.1) is 5.92 Å². The van der Waals surface area contributed by atoms with Crippen molar-refractivity contribution in [2.45, 2.75) is 25.8 Å². The fourth-order valence-electron chi connectivity index (χ4n) is 2.53. The molecular weight excluding hydrogens is 314 g/mol. The van der Waals surface area contributed by atoms with Gasteiger partial charge in [0.2, 0.25) is 0 Å². The van der Waals surface area contributed by atoms with Crippen molar-refractivity contribution in [3.8, 4) is 0 Å². The number of nitrogens with zero attached hydrogens (tertiary/aromatic N) is 3. The van der Waals surface area contributed by atoms with Crippen LogP contribution in [0.1, 0.15) is 24.3 Å². The third-order valence-corrected chi connectivity index (χ3v) is 4.86. The predicted molar refractivity (Wildman–Crippen MR) is 88.7 cm³/mol. The van der Waals surface area contributed by atoms with Gasteiger partial charge in [0.25, 0.3) is 0 Å². The zero-order valence-corrected chi connectivity index (χ0v) is 13.9. The molecule has 124 valence electrons. The first-order valence-corrected chi connectivity index (χ1v) is 8.64. The van der Waals surface area contributed by atoms with E-state index >= 15 is 0 Å². The maximum absolute atomic E-state index is 12.1. The maximum atomic E-state index is 12.1. The number of nitrogens with one attached hydrogen (secondary N) is 2. The van der Waals surface area contributed by atoms with E-state index in [0.29, 0.717) is 18.3 Å². The summed E-state index contributed by atoms with van der Waals surface area (Å²) in [7, 11) is 0. The average molecular weight is 335 g/mol. The minimum atomic E-state index is -0.224. The van der Waals surface area contributed by atoms with Crippen LogP contribution in [0.5, 0.6) is 0 Å². The Kier molecular flexibility index (Phi) is 5.24. The van der Waals surface area contributed by atoms with Crippen LogP contribution in [0.25, 0.3) is 0 Å². The van der Waals surface area contributed by atoms with Gasteiger partial charge in [-0.15, -0.1) is 11.3 Å². The van der Waals surface area contributed by atoms with Crippen LogP contribution in [0.3, 0.4) is 0 Å². The van der Waals surface area contributed by atoms with Gasteiger partial charge in [-0.25, -0.2) is 14.5 Å². The number of urea groups is 1. The van der Waals surface area contributed by atoms with Crippen molar-refractivity contribution in [1.82, 2.24) is 20.1 Å². The topological polar surface area (TPSA) is 81.1 Å². The van der Waals surface area contributed by atoms with Crippen LogP contribution in [-0.4, -0.2) is 40.6 Å². The van der Waals surface area contributed by atoms with Crippen molar-refractivity contribution in [1.29, 1.82) is 0 Å². The summed E-state index contributed by atoms with van der Waals surface area (Å²) >= 11 is 1.60. The molecule has 0 bridgehead atoms. The monoisotopic (exact) mass is 335 g/mol. The Bertz CT molecular complexity index is 622. The molecule has 23 heavy (non-hydrogen) atoms. The number of hydrogen-bond donors (Lipinski definition) is 2. The van der Waals surface area contributed by atoms with Gasteiger partial charge in [-0.1, -0.05) is 6.92 Å². The highest BCUT2D eigenvalue weighted by Gasteiger charge is 2.18. The minimum Gasteiger partial charge on any atom is -0.381 e. The van der Waals surface area contributed by atoms with E-state index in [0.717, 1.165) is 31.2 Å². The van der Waals surface area contributed by atoms with Gasteiger partial charge in [0.05, 0.1) is 17.8 Å². The number of carbonyl (C=O) groups excluding carboxylic acids is 1. The fraction of sp³-hybridized carbons (Fsp3) is 0.533. The second-order valence-corrected chi connectivity index (χ2v) is 6.66. The molecule has 0 spiro atoms. The number of thiazole rings is 1. The molecule has 3 heterocycles. The summed E-state index contributed by atoms with van der Waals surface area (Å²) in [6.45, 7) is 4.92. The lowest BCUT2D eigenvalue weighted by Gasteiger charge is -2.14. The number of ether oxygens (including phenoxy) is 1. The molecule has 1 aliphatic rings. The van der Waals surface area contributed by atoms with Gasteiger partial charge >= 0.3 is 6.03 Å². The Morgan fingerprint density at radius 1 is 1.57 bits per heavy atom. The summed E-state index contributed by atoms with van der Waals surface area (Å²) in [5.74, 6) is 1.36.